The van der Waals surface area contributed by atoms with Crippen molar-refractivity contribution in [2.75, 3.05) is 0 Å². The molecular formula is C6H3I2N3. The zero-order valence-corrected chi connectivity index (χ0v) is 9.64. The van der Waals surface area contributed by atoms with E-state index in [1.165, 1.54) is 3.57 Å². The van der Waals surface area contributed by atoms with Gasteiger partial charge in [-0.25, -0.2) is 0 Å². The van der Waals surface area contributed by atoms with Crippen LogP contribution in [-0.2, 0) is 0 Å². The molecule has 0 atom stereocenters. The molecule has 0 aromatic heterocycles. The number of halogens is 2. The molecule has 0 unspecified atom stereocenters. The van der Waals surface area contributed by atoms with Crippen molar-refractivity contribution in [3.8, 4) is 0 Å². The summed E-state index contributed by atoms with van der Waals surface area (Å²) in [6.45, 7) is 0. The minimum absolute atomic E-state index is 0.664. The number of azide groups is 1. The highest BCUT2D eigenvalue weighted by molar-refractivity contribution is 14.1. The van der Waals surface area contributed by atoms with Crippen molar-refractivity contribution in [2.24, 2.45) is 5.11 Å². The summed E-state index contributed by atoms with van der Waals surface area (Å²) in [5.41, 5.74) is 8.80. The lowest BCUT2D eigenvalue weighted by atomic mass is 10.3. The van der Waals surface area contributed by atoms with Gasteiger partial charge in [0.2, 0.25) is 0 Å². The van der Waals surface area contributed by atoms with Gasteiger partial charge >= 0.3 is 0 Å². The van der Waals surface area contributed by atoms with Crippen molar-refractivity contribution in [1.82, 2.24) is 0 Å². The molecule has 5 heteroatoms. The van der Waals surface area contributed by atoms with Crippen LogP contribution < -0.4 is 0 Å². The Hall–Kier alpha value is -0.0100. The fraction of sp³-hybridized carbons (Fsp3) is 0. The maximum absolute atomic E-state index is 8.13. The first-order valence-corrected chi connectivity index (χ1v) is 4.90. The van der Waals surface area contributed by atoms with Crippen molar-refractivity contribution in [1.29, 1.82) is 0 Å². The smallest absolute Gasteiger partial charge is 0.0386 e. The molecule has 0 aliphatic heterocycles. The Morgan fingerprint density at radius 3 is 2.55 bits per heavy atom. The largest absolute Gasteiger partial charge is 0.0607 e. The zero-order chi connectivity index (χ0) is 8.27. The van der Waals surface area contributed by atoms with Crippen LogP contribution in [0.15, 0.2) is 23.3 Å². The average Bonchev–Trinajstić information content (AvgIpc) is 1.98. The molecule has 0 aliphatic carbocycles. The molecule has 0 amide bonds. The lowest BCUT2D eigenvalue weighted by Gasteiger charge is -1.95. The van der Waals surface area contributed by atoms with E-state index < -0.39 is 0 Å². The molecule has 0 heterocycles. The highest BCUT2D eigenvalue weighted by Gasteiger charge is 1.95. The second kappa shape index (κ2) is 4.13. The van der Waals surface area contributed by atoms with Gasteiger partial charge in [0.05, 0.1) is 0 Å². The number of rotatable bonds is 1. The molecule has 3 nitrogen and oxygen atoms in total. The number of hydrogen-bond acceptors (Lipinski definition) is 1. The van der Waals surface area contributed by atoms with E-state index in [0.717, 1.165) is 3.57 Å². The summed E-state index contributed by atoms with van der Waals surface area (Å²) in [6.07, 6.45) is 0. The van der Waals surface area contributed by atoms with Crippen LogP contribution in [0.25, 0.3) is 10.4 Å². The van der Waals surface area contributed by atoms with E-state index in [-0.39, 0.29) is 0 Å². The van der Waals surface area contributed by atoms with E-state index in [4.69, 9.17) is 5.53 Å². The van der Waals surface area contributed by atoms with E-state index in [1.807, 2.05) is 12.1 Å². The fourth-order valence-corrected chi connectivity index (χ4v) is 1.43. The van der Waals surface area contributed by atoms with Gasteiger partial charge in [0, 0.05) is 17.7 Å². The Morgan fingerprint density at radius 1 is 1.27 bits per heavy atom. The van der Waals surface area contributed by atoms with Gasteiger partial charge in [0.1, 0.15) is 0 Å². The zero-order valence-electron chi connectivity index (χ0n) is 5.33. The molecular weight excluding hydrogens is 368 g/mol. The Balaban J connectivity index is 3.14. The molecule has 0 N–H and O–H groups in total. The molecule has 0 spiro atoms. The van der Waals surface area contributed by atoms with Crippen molar-refractivity contribution >= 4 is 50.9 Å². The van der Waals surface area contributed by atoms with Crippen molar-refractivity contribution in [2.45, 2.75) is 0 Å². The molecule has 0 saturated carbocycles. The van der Waals surface area contributed by atoms with Gasteiger partial charge in [-0.2, -0.15) is 0 Å². The summed E-state index contributed by atoms with van der Waals surface area (Å²) in [4.78, 5) is 2.70. The summed E-state index contributed by atoms with van der Waals surface area (Å²) < 4.78 is 2.27. The van der Waals surface area contributed by atoms with Crippen LogP contribution in [0.1, 0.15) is 0 Å². The van der Waals surface area contributed by atoms with Crippen molar-refractivity contribution in [3.05, 3.63) is 35.8 Å². The molecule has 0 bridgehead atoms. The average molecular weight is 371 g/mol. The molecule has 1 aromatic rings. The second-order valence-corrected chi connectivity index (χ2v) is 4.11. The van der Waals surface area contributed by atoms with Crippen LogP contribution in [0.2, 0.25) is 0 Å². The first-order valence-electron chi connectivity index (χ1n) is 2.74. The summed E-state index contributed by atoms with van der Waals surface area (Å²) in [7, 11) is 0. The number of benzene rings is 1. The van der Waals surface area contributed by atoms with E-state index in [2.05, 4.69) is 55.2 Å². The van der Waals surface area contributed by atoms with Gasteiger partial charge in [-0.05, 0) is 62.8 Å². The summed E-state index contributed by atoms with van der Waals surface area (Å²) in [5.74, 6) is 0. The Bertz CT molecular complexity index is 318. The number of hydrogen-bond donors (Lipinski definition) is 0. The molecule has 0 radical (unpaired) electrons. The maximum Gasteiger partial charge on any atom is 0.0386 e. The lowest BCUT2D eigenvalue weighted by molar-refractivity contribution is 1.44. The quantitative estimate of drug-likeness (QED) is 0.312. The van der Waals surface area contributed by atoms with E-state index in [9.17, 15) is 0 Å². The van der Waals surface area contributed by atoms with Gasteiger partial charge in [-0.1, -0.05) is 11.2 Å². The van der Waals surface area contributed by atoms with Crippen LogP contribution >= 0.6 is 45.2 Å². The normalized spacial score (nSPS) is 8.91. The third-order valence-corrected chi connectivity index (χ3v) is 3.93. The monoisotopic (exact) mass is 371 g/mol. The van der Waals surface area contributed by atoms with Gasteiger partial charge in [-0.3, -0.25) is 0 Å². The lowest BCUT2D eigenvalue weighted by Crippen LogP contribution is -1.75. The van der Waals surface area contributed by atoms with Crippen molar-refractivity contribution in [3.63, 3.8) is 0 Å². The first kappa shape index (κ1) is 9.08. The molecule has 11 heavy (non-hydrogen) atoms. The van der Waals surface area contributed by atoms with E-state index >= 15 is 0 Å². The van der Waals surface area contributed by atoms with E-state index in [1.54, 1.807) is 6.07 Å². The first-order chi connectivity index (χ1) is 5.24. The molecule has 1 rings (SSSR count). The van der Waals surface area contributed by atoms with Gasteiger partial charge in [-0.15, -0.1) is 0 Å². The topological polar surface area (TPSA) is 48.8 Å². The summed E-state index contributed by atoms with van der Waals surface area (Å²) >= 11 is 4.43. The maximum atomic E-state index is 8.13. The standard InChI is InChI=1S/C6H3I2N3/c7-5-2-1-4(10-11-9)3-6(5)8/h1-3H. The van der Waals surface area contributed by atoms with Crippen LogP contribution in [0.5, 0.6) is 0 Å². The Labute approximate surface area is 91.1 Å². The second-order valence-electron chi connectivity index (χ2n) is 1.79. The van der Waals surface area contributed by atoms with Crippen LogP contribution in [0, 0.1) is 7.14 Å². The highest BCUT2D eigenvalue weighted by Crippen LogP contribution is 2.21. The predicted octanol–water partition coefficient (Wildman–Crippen LogP) is 3.84. The summed E-state index contributed by atoms with van der Waals surface area (Å²) in [5, 5.41) is 3.48. The van der Waals surface area contributed by atoms with Crippen LogP contribution in [0.3, 0.4) is 0 Å². The molecule has 0 fully saturated rings. The summed E-state index contributed by atoms with van der Waals surface area (Å²) in [6, 6.07) is 5.57. The molecule has 0 saturated heterocycles. The van der Waals surface area contributed by atoms with Crippen molar-refractivity contribution < 1.29 is 0 Å². The van der Waals surface area contributed by atoms with Gasteiger partial charge in [0.15, 0.2) is 0 Å². The fourth-order valence-electron chi connectivity index (χ4n) is 0.599. The van der Waals surface area contributed by atoms with Crippen LogP contribution in [-0.4, -0.2) is 0 Å². The molecule has 0 aliphatic rings. The SMILES string of the molecule is [N-]=[N+]=Nc1ccc(I)c(I)c1. The molecule has 1 aromatic carbocycles. The third-order valence-electron chi connectivity index (χ3n) is 1.06. The van der Waals surface area contributed by atoms with E-state index in [0.29, 0.717) is 5.69 Å². The third kappa shape index (κ3) is 2.49. The minimum atomic E-state index is 0.664. The van der Waals surface area contributed by atoms with Crippen LogP contribution in [0.4, 0.5) is 5.69 Å². The van der Waals surface area contributed by atoms with Gasteiger partial charge < -0.3 is 0 Å². The Morgan fingerprint density at radius 2 is 2.00 bits per heavy atom. The Kier molecular flexibility index (Phi) is 3.41. The predicted molar refractivity (Wildman–Crippen MR) is 60.7 cm³/mol. The number of nitrogens with zero attached hydrogens (tertiary/aromatic N) is 3. The minimum Gasteiger partial charge on any atom is -0.0607 e. The molecule has 56 valence electrons. The highest BCUT2D eigenvalue weighted by atomic mass is 127. The van der Waals surface area contributed by atoms with Gasteiger partial charge in [0.25, 0.3) is 0 Å².